The molecule has 0 spiro atoms. The van der Waals surface area contributed by atoms with Crippen LogP contribution in [0.25, 0.3) is 0 Å². The average molecular weight is 286 g/mol. The number of rotatable bonds is 2. The second kappa shape index (κ2) is 5.77. The molecule has 2 aromatic rings. The van der Waals surface area contributed by atoms with Crippen molar-refractivity contribution in [3.8, 4) is 0 Å². The van der Waals surface area contributed by atoms with E-state index in [4.69, 9.17) is 5.21 Å². The maximum Gasteiger partial charge on any atom is 0.0833 e. The highest BCUT2D eigenvalue weighted by Gasteiger charge is 2.25. The van der Waals surface area contributed by atoms with Crippen LogP contribution in [-0.4, -0.2) is 36.5 Å². The predicted molar refractivity (Wildman–Crippen MR) is 83.2 cm³/mol. The first-order valence-corrected chi connectivity index (χ1v) is 7.63. The van der Waals surface area contributed by atoms with Gasteiger partial charge < -0.3 is 10.1 Å². The summed E-state index contributed by atoms with van der Waals surface area (Å²) in [7, 11) is 2.18. The van der Waals surface area contributed by atoms with Crippen molar-refractivity contribution >= 4 is 17.6 Å². The zero-order valence-electron chi connectivity index (χ0n) is 11.5. The fourth-order valence-corrected chi connectivity index (χ4v) is 4.01. The number of thiophene rings is 1. The van der Waals surface area contributed by atoms with Crippen molar-refractivity contribution in [1.82, 2.24) is 4.90 Å². The van der Waals surface area contributed by atoms with E-state index in [-0.39, 0.29) is 0 Å². The summed E-state index contributed by atoms with van der Waals surface area (Å²) in [5, 5.41) is 11.9. The third kappa shape index (κ3) is 2.62. The Hall–Kier alpha value is -1.65. The fraction of sp³-hybridized carbons (Fsp3) is 0.312. The topological polar surface area (TPSA) is 35.8 Å². The summed E-state index contributed by atoms with van der Waals surface area (Å²) in [5.41, 5.74) is 2.75. The third-order valence-electron chi connectivity index (χ3n) is 3.82. The minimum absolute atomic E-state index is 0.407. The van der Waals surface area contributed by atoms with Gasteiger partial charge in [-0.1, -0.05) is 35.5 Å². The Morgan fingerprint density at radius 2 is 2.15 bits per heavy atom. The van der Waals surface area contributed by atoms with Gasteiger partial charge in [-0.15, -0.1) is 11.3 Å². The summed E-state index contributed by atoms with van der Waals surface area (Å²) in [6.07, 6.45) is 2.59. The van der Waals surface area contributed by atoms with Crippen LogP contribution < -0.4 is 0 Å². The minimum Gasteiger partial charge on any atom is -0.411 e. The number of fused-ring (bicyclic) bond motifs is 1. The van der Waals surface area contributed by atoms with E-state index in [9.17, 15) is 0 Å². The quantitative estimate of drug-likeness (QED) is 0.523. The molecule has 0 saturated heterocycles. The summed E-state index contributed by atoms with van der Waals surface area (Å²) in [5.74, 6) is 0.407. The number of hydrogen-bond donors (Lipinski definition) is 1. The molecule has 3 rings (SSSR count). The lowest BCUT2D eigenvalue weighted by Gasteiger charge is -2.20. The van der Waals surface area contributed by atoms with Crippen LogP contribution in [-0.2, 0) is 6.42 Å². The van der Waals surface area contributed by atoms with Crippen molar-refractivity contribution in [2.75, 3.05) is 20.1 Å². The van der Waals surface area contributed by atoms with Crippen LogP contribution in [0.15, 0.2) is 41.6 Å². The number of hydrogen-bond acceptors (Lipinski definition) is 4. The summed E-state index contributed by atoms with van der Waals surface area (Å²) >= 11 is 1.74. The maximum absolute atomic E-state index is 8.73. The lowest BCUT2D eigenvalue weighted by molar-refractivity contribution is 0.322. The zero-order chi connectivity index (χ0) is 13.9. The summed E-state index contributed by atoms with van der Waals surface area (Å²) in [4.78, 5) is 4.84. The number of nitrogens with zero attached hydrogens (tertiary/aromatic N) is 2. The highest BCUT2D eigenvalue weighted by molar-refractivity contribution is 7.14. The van der Waals surface area contributed by atoms with Gasteiger partial charge >= 0.3 is 0 Å². The van der Waals surface area contributed by atoms with E-state index in [2.05, 4.69) is 53.5 Å². The molecule has 1 aromatic heterocycles. The molecule has 1 aromatic carbocycles. The first-order valence-electron chi connectivity index (χ1n) is 6.81. The average Bonchev–Trinajstić information content (AvgIpc) is 2.80. The molecule has 0 aliphatic carbocycles. The van der Waals surface area contributed by atoms with Gasteiger partial charge in [0.15, 0.2) is 0 Å². The van der Waals surface area contributed by atoms with E-state index in [1.54, 1.807) is 11.3 Å². The smallest absolute Gasteiger partial charge is 0.0833 e. The van der Waals surface area contributed by atoms with Crippen LogP contribution in [0.4, 0.5) is 0 Å². The van der Waals surface area contributed by atoms with Crippen LogP contribution in [0, 0.1) is 0 Å². The Morgan fingerprint density at radius 3 is 2.90 bits per heavy atom. The molecule has 1 atom stereocenters. The molecule has 0 radical (unpaired) electrons. The first-order chi connectivity index (χ1) is 9.78. The van der Waals surface area contributed by atoms with E-state index in [0.717, 1.165) is 24.4 Å². The van der Waals surface area contributed by atoms with Crippen molar-refractivity contribution in [3.05, 3.63) is 57.3 Å². The molecular formula is C16H18N2OS. The van der Waals surface area contributed by atoms with Crippen molar-refractivity contribution < 1.29 is 5.21 Å². The molecule has 4 heteroatoms. The predicted octanol–water partition coefficient (Wildman–Crippen LogP) is 3.18. The molecular weight excluding hydrogens is 268 g/mol. The van der Waals surface area contributed by atoms with Crippen LogP contribution >= 0.6 is 11.3 Å². The number of likely N-dealkylation sites (N-methyl/N-ethyl adjacent to an activating group) is 1. The molecule has 0 bridgehead atoms. The SMILES string of the molecule is CN1CCc2cc(/C=N/O)sc2C(c2ccccc2)C1. The highest BCUT2D eigenvalue weighted by Crippen LogP contribution is 2.36. The van der Waals surface area contributed by atoms with E-state index in [1.165, 1.54) is 22.2 Å². The van der Waals surface area contributed by atoms with Gasteiger partial charge in [0, 0.05) is 28.8 Å². The van der Waals surface area contributed by atoms with Crippen molar-refractivity contribution in [2.24, 2.45) is 5.16 Å². The van der Waals surface area contributed by atoms with Gasteiger partial charge in [-0.05, 0) is 30.7 Å². The van der Waals surface area contributed by atoms with Gasteiger partial charge in [-0.3, -0.25) is 0 Å². The molecule has 1 N–H and O–H groups in total. The van der Waals surface area contributed by atoms with Gasteiger partial charge in [-0.25, -0.2) is 0 Å². The molecule has 104 valence electrons. The molecule has 1 aliphatic heterocycles. The van der Waals surface area contributed by atoms with Crippen LogP contribution in [0.1, 0.15) is 26.8 Å². The van der Waals surface area contributed by atoms with E-state index in [1.807, 2.05) is 0 Å². The summed E-state index contributed by atoms with van der Waals surface area (Å²) < 4.78 is 0. The van der Waals surface area contributed by atoms with Crippen molar-refractivity contribution in [1.29, 1.82) is 0 Å². The molecule has 1 unspecified atom stereocenters. The molecule has 20 heavy (non-hydrogen) atoms. The molecule has 0 fully saturated rings. The van der Waals surface area contributed by atoms with Crippen molar-refractivity contribution in [3.63, 3.8) is 0 Å². The first kappa shape index (κ1) is 13.3. The monoisotopic (exact) mass is 286 g/mol. The standard InChI is InChI=1S/C16H18N2OS/c1-18-8-7-13-9-14(10-17-19)20-16(13)15(11-18)12-5-3-2-4-6-12/h2-6,9-10,15,19H,7-8,11H2,1H3/b17-10+. The van der Waals surface area contributed by atoms with Crippen molar-refractivity contribution in [2.45, 2.75) is 12.3 Å². The Bertz CT molecular complexity index is 606. The van der Waals surface area contributed by atoms with E-state index in [0.29, 0.717) is 5.92 Å². The van der Waals surface area contributed by atoms with Crippen LogP contribution in [0.2, 0.25) is 0 Å². The zero-order valence-corrected chi connectivity index (χ0v) is 12.3. The Balaban J connectivity index is 2.04. The van der Waals surface area contributed by atoms with Gasteiger partial charge in [0.05, 0.1) is 6.21 Å². The minimum atomic E-state index is 0.407. The molecule has 0 saturated carbocycles. The highest BCUT2D eigenvalue weighted by atomic mass is 32.1. The Morgan fingerprint density at radius 1 is 1.35 bits per heavy atom. The Labute approximate surface area is 123 Å². The third-order valence-corrected chi connectivity index (χ3v) is 5.05. The normalized spacial score (nSPS) is 19.9. The van der Waals surface area contributed by atoms with Crippen LogP contribution in [0.3, 0.4) is 0 Å². The molecule has 2 heterocycles. The number of benzene rings is 1. The second-order valence-electron chi connectivity index (χ2n) is 5.26. The van der Waals surface area contributed by atoms with Gasteiger partial charge in [0.25, 0.3) is 0 Å². The van der Waals surface area contributed by atoms with E-state index < -0.39 is 0 Å². The van der Waals surface area contributed by atoms with E-state index >= 15 is 0 Å². The fourth-order valence-electron chi connectivity index (χ4n) is 2.81. The summed E-state index contributed by atoms with van der Waals surface area (Å²) in [6.45, 7) is 2.11. The lowest BCUT2D eigenvalue weighted by atomic mass is 9.95. The summed E-state index contributed by atoms with van der Waals surface area (Å²) in [6, 6.07) is 12.8. The molecule has 0 amide bonds. The van der Waals surface area contributed by atoms with Gasteiger partial charge in [0.2, 0.25) is 0 Å². The number of oxime groups is 1. The second-order valence-corrected chi connectivity index (χ2v) is 6.37. The Kier molecular flexibility index (Phi) is 3.85. The largest absolute Gasteiger partial charge is 0.411 e. The maximum atomic E-state index is 8.73. The molecule has 3 nitrogen and oxygen atoms in total. The lowest BCUT2D eigenvalue weighted by Crippen LogP contribution is -2.24. The van der Waals surface area contributed by atoms with Gasteiger partial charge in [0.1, 0.15) is 0 Å². The van der Waals surface area contributed by atoms with Gasteiger partial charge in [-0.2, -0.15) is 0 Å². The molecule has 1 aliphatic rings. The van der Waals surface area contributed by atoms with Crippen LogP contribution in [0.5, 0.6) is 0 Å².